The van der Waals surface area contributed by atoms with E-state index in [1.807, 2.05) is 18.3 Å². The quantitative estimate of drug-likeness (QED) is 0.346. The number of thiol groups is 2. The fourth-order valence-corrected chi connectivity index (χ4v) is 2.01. The molecule has 0 aromatic carbocycles. The van der Waals surface area contributed by atoms with Crippen molar-refractivity contribution in [1.82, 2.24) is 15.4 Å². The van der Waals surface area contributed by atoms with Gasteiger partial charge < -0.3 is 10.4 Å². The van der Waals surface area contributed by atoms with Gasteiger partial charge in [-0.25, -0.2) is 5.01 Å². The van der Waals surface area contributed by atoms with Crippen molar-refractivity contribution in [2.24, 2.45) is 5.92 Å². The number of thiocarbonyl (C=S) groups is 1. The maximum absolute atomic E-state index is 4.82. The van der Waals surface area contributed by atoms with Crippen LogP contribution in [0.5, 0.6) is 0 Å². The predicted molar refractivity (Wildman–Crippen MR) is 91.3 cm³/mol. The number of aromatic amines is 1. The van der Waals surface area contributed by atoms with E-state index in [1.165, 1.54) is 12.8 Å². The molecule has 0 amide bonds. The topological polar surface area (TPSA) is 31.1 Å². The SMILES string of the molecule is CC1CCN(NC(=S)S)CC1.Sc1ccc[nH]1.[SeH2]. The fraction of sp³-hybridized carbons (Fsp3) is 0.545. The molecule has 0 saturated carbocycles. The molecule has 0 unspecified atom stereocenters. The first-order chi connectivity index (χ1) is 8.08. The Morgan fingerprint density at radius 2 is 2.11 bits per heavy atom. The summed E-state index contributed by atoms with van der Waals surface area (Å²) in [6.45, 7) is 4.46. The summed E-state index contributed by atoms with van der Waals surface area (Å²) in [6, 6.07) is 3.80. The van der Waals surface area contributed by atoms with E-state index in [-0.39, 0.29) is 17.1 Å². The molecule has 0 bridgehead atoms. The second-order valence-electron chi connectivity index (χ2n) is 4.14. The Labute approximate surface area is 136 Å². The Bertz CT molecular complexity index is 324. The summed E-state index contributed by atoms with van der Waals surface area (Å²) in [4.78, 5) is 2.86. The molecule has 104 valence electrons. The molecule has 2 rings (SSSR count). The van der Waals surface area contributed by atoms with Gasteiger partial charge in [-0.15, -0.1) is 25.3 Å². The van der Waals surface area contributed by atoms with Crippen molar-refractivity contribution in [2.75, 3.05) is 13.1 Å². The number of nitrogens with one attached hydrogen (secondary N) is 2. The van der Waals surface area contributed by atoms with E-state index < -0.39 is 0 Å². The molecule has 7 heteroatoms. The van der Waals surface area contributed by atoms with Crippen LogP contribution < -0.4 is 5.43 Å². The van der Waals surface area contributed by atoms with Crippen molar-refractivity contribution < 1.29 is 0 Å². The van der Waals surface area contributed by atoms with Crippen LogP contribution in [0.25, 0.3) is 0 Å². The predicted octanol–water partition coefficient (Wildman–Crippen LogP) is 1.82. The summed E-state index contributed by atoms with van der Waals surface area (Å²) >= 11 is 12.8. The van der Waals surface area contributed by atoms with Crippen LogP contribution in [0.2, 0.25) is 0 Å². The number of piperidine rings is 1. The molecule has 1 saturated heterocycles. The van der Waals surface area contributed by atoms with Crippen LogP contribution in [-0.2, 0) is 0 Å². The number of hydrogen-bond donors (Lipinski definition) is 4. The second-order valence-corrected chi connectivity index (χ2v) is 5.78. The molecular formula is C11H21N3S3Se. The molecule has 2 heterocycles. The zero-order valence-corrected chi connectivity index (χ0v) is 15.1. The van der Waals surface area contributed by atoms with Crippen LogP contribution in [0.1, 0.15) is 19.8 Å². The Morgan fingerprint density at radius 3 is 2.44 bits per heavy atom. The standard InChI is InChI=1S/C7H14N2S2.C4H5NS.H2Se/c1-6-2-4-9(5-3-6)8-7(10)11;6-4-2-1-3-5-4;/h6H,2-5H2,1H3,(H2,8,10,11);1-3,5-6H;1H2. The summed E-state index contributed by atoms with van der Waals surface area (Å²) in [6.07, 6.45) is 4.34. The molecule has 0 spiro atoms. The molecule has 18 heavy (non-hydrogen) atoms. The Balaban J connectivity index is 0.000000352. The summed E-state index contributed by atoms with van der Waals surface area (Å²) in [5.74, 6) is 0.863. The third kappa shape index (κ3) is 8.45. The molecule has 1 aromatic rings. The molecule has 1 aliphatic rings. The summed E-state index contributed by atoms with van der Waals surface area (Å²) in [5.41, 5.74) is 3.03. The molecular weight excluding hydrogens is 349 g/mol. The van der Waals surface area contributed by atoms with Crippen molar-refractivity contribution in [3.8, 4) is 0 Å². The molecule has 0 atom stereocenters. The minimum absolute atomic E-state index is 0. The van der Waals surface area contributed by atoms with Crippen LogP contribution in [0.4, 0.5) is 0 Å². The first kappa shape index (κ1) is 18.3. The van der Waals surface area contributed by atoms with Crippen molar-refractivity contribution in [3.63, 3.8) is 0 Å². The summed E-state index contributed by atoms with van der Waals surface area (Å²) in [5, 5.41) is 3.05. The monoisotopic (exact) mass is 371 g/mol. The van der Waals surface area contributed by atoms with Crippen LogP contribution in [-0.4, -0.2) is 44.5 Å². The van der Waals surface area contributed by atoms with Crippen LogP contribution >= 0.6 is 37.5 Å². The van der Waals surface area contributed by atoms with Crippen molar-refractivity contribution in [3.05, 3.63) is 18.3 Å². The Hall–Kier alpha value is 0.349. The molecule has 0 radical (unpaired) electrons. The number of rotatable bonds is 1. The molecule has 1 aromatic heterocycles. The van der Waals surface area contributed by atoms with Gasteiger partial charge in [0.15, 0.2) is 0 Å². The maximum atomic E-state index is 4.82. The molecule has 2 N–H and O–H groups in total. The van der Waals surface area contributed by atoms with Gasteiger partial charge in [0.05, 0.1) is 5.03 Å². The van der Waals surface area contributed by atoms with Gasteiger partial charge in [0.25, 0.3) is 0 Å². The van der Waals surface area contributed by atoms with E-state index in [2.05, 4.69) is 47.6 Å². The number of hydrazine groups is 1. The van der Waals surface area contributed by atoms with E-state index in [4.69, 9.17) is 12.2 Å². The van der Waals surface area contributed by atoms with Gasteiger partial charge in [-0.05, 0) is 30.9 Å². The van der Waals surface area contributed by atoms with E-state index in [0.29, 0.717) is 4.32 Å². The van der Waals surface area contributed by atoms with Gasteiger partial charge in [0.1, 0.15) is 4.32 Å². The van der Waals surface area contributed by atoms with Gasteiger partial charge in [0, 0.05) is 19.3 Å². The van der Waals surface area contributed by atoms with E-state index >= 15 is 0 Å². The van der Waals surface area contributed by atoms with Gasteiger partial charge in [-0.2, -0.15) is 0 Å². The van der Waals surface area contributed by atoms with Crippen molar-refractivity contribution in [1.29, 1.82) is 0 Å². The van der Waals surface area contributed by atoms with Gasteiger partial charge in [0.2, 0.25) is 0 Å². The van der Waals surface area contributed by atoms with Crippen molar-refractivity contribution >= 4 is 58.9 Å². The van der Waals surface area contributed by atoms with Gasteiger partial charge >= 0.3 is 17.1 Å². The fourth-order valence-electron chi connectivity index (χ4n) is 1.58. The van der Waals surface area contributed by atoms with E-state index in [9.17, 15) is 0 Å². The first-order valence-corrected chi connectivity index (χ1v) is 6.95. The van der Waals surface area contributed by atoms with Gasteiger partial charge in [-0.1, -0.05) is 19.1 Å². The van der Waals surface area contributed by atoms with Crippen molar-refractivity contribution in [2.45, 2.75) is 24.8 Å². The van der Waals surface area contributed by atoms with E-state index in [0.717, 1.165) is 24.0 Å². The van der Waals surface area contributed by atoms with Crippen LogP contribution in [0.3, 0.4) is 0 Å². The van der Waals surface area contributed by atoms with E-state index in [1.54, 1.807) is 0 Å². The molecule has 1 fully saturated rings. The zero-order valence-electron chi connectivity index (χ0n) is 10.4. The van der Waals surface area contributed by atoms with Crippen LogP contribution in [0.15, 0.2) is 23.4 Å². The number of H-pyrrole nitrogens is 1. The normalized spacial score (nSPS) is 16.2. The second kappa shape index (κ2) is 10.2. The minimum atomic E-state index is 0. The molecule has 1 aliphatic heterocycles. The Morgan fingerprint density at radius 1 is 1.50 bits per heavy atom. The van der Waals surface area contributed by atoms with Crippen LogP contribution in [0, 0.1) is 5.92 Å². The third-order valence-corrected chi connectivity index (χ3v) is 3.09. The first-order valence-electron chi connectivity index (χ1n) is 5.65. The number of hydrogen-bond acceptors (Lipinski definition) is 3. The Kier molecular flexibility index (Phi) is 10.4. The average Bonchev–Trinajstić information content (AvgIpc) is 2.73. The summed E-state index contributed by atoms with van der Waals surface area (Å²) < 4.78 is 0.569. The van der Waals surface area contributed by atoms with Gasteiger partial charge in [-0.3, -0.25) is 0 Å². The molecule has 3 nitrogen and oxygen atoms in total. The molecule has 0 aliphatic carbocycles. The summed E-state index contributed by atoms with van der Waals surface area (Å²) in [7, 11) is 0. The zero-order chi connectivity index (χ0) is 12.7. The number of aromatic nitrogens is 1. The average molecular weight is 370 g/mol. The third-order valence-electron chi connectivity index (χ3n) is 2.62. The number of nitrogens with zero attached hydrogens (tertiary/aromatic N) is 1.